The fourth-order valence-electron chi connectivity index (χ4n) is 3.94. The molecular weight excluding hydrogens is 498 g/mol. The van der Waals surface area contributed by atoms with E-state index in [1.54, 1.807) is 26.0 Å². The maximum Gasteiger partial charge on any atom is 0.328 e. The van der Waals surface area contributed by atoms with Crippen LogP contribution in [0.5, 0.6) is 17.2 Å². The summed E-state index contributed by atoms with van der Waals surface area (Å²) in [7, 11) is 3.34. The number of methoxy groups -OCH3 is 2. The van der Waals surface area contributed by atoms with Gasteiger partial charge in [0, 0.05) is 16.7 Å². The number of carbonyl (C=O) groups is 1. The Labute approximate surface area is 230 Å². The van der Waals surface area contributed by atoms with Crippen LogP contribution in [0.25, 0.3) is 6.08 Å². The summed E-state index contributed by atoms with van der Waals surface area (Å²) >= 11 is 1.65. The lowest BCUT2D eigenvalue weighted by Crippen LogP contribution is -2.02. The summed E-state index contributed by atoms with van der Waals surface area (Å²) in [6, 6.07) is 20.0. The van der Waals surface area contributed by atoms with Gasteiger partial charge in [-0.3, -0.25) is 0 Å². The SMILES string of the molecule is COc1ccc(CCCCCCCCOc2ccc(CSc3cccc(OC)c3)nc2C=CC(=O)O)cc1. The number of aliphatic carboxylic acids is 1. The van der Waals surface area contributed by atoms with Gasteiger partial charge < -0.3 is 19.3 Å². The summed E-state index contributed by atoms with van der Waals surface area (Å²) in [6.45, 7) is 0.583. The molecule has 0 amide bonds. The van der Waals surface area contributed by atoms with Gasteiger partial charge in [-0.2, -0.15) is 0 Å². The van der Waals surface area contributed by atoms with Gasteiger partial charge >= 0.3 is 5.97 Å². The average Bonchev–Trinajstić information content (AvgIpc) is 2.95. The van der Waals surface area contributed by atoms with Crippen LogP contribution in [-0.4, -0.2) is 36.9 Å². The first kappa shape index (κ1) is 29.1. The lowest BCUT2D eigenvalue weighted by molar-refractivity contribution is -0.131. The van der Waals surface area contributed by atoms with Crippen LogP contribution in [0.3, 0.4) is 0 Å². The molecule has 0 radical (unpaired) electrons. The number of carboxylic acid groups (broad SMARTS) is 1. The maximum atomic E-state index is 11.1. The van der Waals surface area contributed by atoms with Gasteiger partial charge in [-0.15, -0.1) is 11.8 Å². The fraction of sp³-hybridized carbons (Fsp3) is 0.355. The van der Waals surface area contributed by atoms with Gasteiger partial charge in [-0.25, -0.2) is 9.78 Å². The van der Waals surface area contributed by atoms with Crippen LogP contribution in [0.2, 0.25) is 0 Å². The number of benzene rings is 2. The largest absolute Gasteiger partial charge is 0.497 e. The summed E-state index contributed by atoms with van der Waals surface area (Å²) in [5, 5.41) is 9.08. The van der Waals surface area contributed by atoms with Crippen LogP contribution in [0, 0.1) is 0 Å². The monoisotopic (exact) mass is 535 g/mol. The highest BCUT2D eigenvalue weighted by Crippen LogP contribution is 2.27. The lowest BCUT2D eigenvalue weighted by Gasteiger charge is -2.11. The third kappa shape index (κ3) is 10.5. The Bertz CT molecular complexity index is 1160. The standard InChI is InChI=1S/C31H37NO5S/c1-35-26-16-13-24(14-17-26)10-7-5-3-4-6-8-21-37-30-19-15-25(32-29(30)18-20-31(33)34)23-38-28-12-9-11-27(22-28)36-2/h9,11-20,22H,3-8,10,21,23H2,1-2H3,(H,33,34). The lowest BCUT2D eigenvalue weighted by atomic mass is 10.0. The van der Waals surface area contributed by atoms with Gasteiger partial charge in [0.25, 0.3) is 0 Å². The van der Waals surface area contributed by atoms with Crippen molar-refractivity contribution < 1.29 is 24.1 Å². The Morgan fingerprint density at radius 1 is 0.895 bits per heavy atom. The molecule has 0 bridgehead atoms. The number of aryl methyl sites for hydroxylation is 1. The predicted octanol–water partition coefficient (Wildman–Crippen LogP) is 7.45. The number of rotatable bonds is 17. The predicted molar refractivity (Wildman–Crippen MR) is 153 cm³/mol. The van der Waals surface area contributed by atoms with E-state index in [4.69, 9.17) is 19.3 Å². The molecule has 1 N–H and O–H groups in total. The Balaban J connectivity index is 1.39. The van der Waals surface area contributed by atoms with Gasteiger partial charge in [0.15, 0.2) is 0 Å². The highest BCUT2D eigenvalue weighted by atomic mass is 32.2. The van der Waals surface area contributed by atoms with Crippen LogP contribution in [-0.2, 0) is 17.0 Å². The average molecular weight is 536 g/mol. The molecule has 0 aliphatic heterocycles. The van der Waals surface area contributed by atoms with Crippen LogP contribution in [0.4, 0.5) is 0 Å². The Kier molecular flexibility index (Phi) is 12.6. The van der Waals surface area contributed by atoms with E-state index in [1.807, 2.05) is 48.5 Å². The molecule has 2 aromatic carbocycles. The molecule has 3 aromatic rings. The summed E-state index contributed by atoms with van der Waals surface area (Å²) < 4.78 is 16.5. The highest BCUT2D eigenvalue weighted by Gasteiger charge is 2.07. The first-order valence-electron chi connectivity index (χ1n) is 13.0. The van der Waals surface area contributed by atoms with Crippen LogP contribution in [0.1, 0.15) is 55.5 Å². The number of aromatic nitrogens is 1. The number of hydrogen-bond donors (Lipinski definition) is 1. The number of thioether (sulfide) groups is 1. The van der Waals surface area contributed by atoms with Crippen molar-refractivity contribution in [1.82, 2.24) is 4.98 Å². The van der Waals surface area contributed by atoms with E-state index >= 15 is 0 Å². The van der Waals surface area contributed by atoms with Gasteiger partial charge in [0.1, 0.15) is 22.9 Å². The molecule has 38 heavy (non-hydrogen) atoms. The molecule has 202 valence electrons. The molecule has 7 heteroatoms. The van der Waals surface area contributed by atoms with E-state index in [0.29, 0.717) is 23.8 Å². The first-order chi connectivity index (χ1) is 18.6. The molecule has 0 fully saturated rings. The normalized spacial score (nSPS) is 11.0. The maximum absolute atomic E-state index is 11.1. The molecule has 0 unspecified atom stereocenters. The molecule has 0 aliphatic rings. The third-order valence-corrected chi connectivity index (χ3v) is 7.06. The number of carboxylic acids is 1. The number of ether oxygens (including phenoxy) is 3. The van der Waals surface area contributed by atoms with Crippen LogP contribution in [0.15, 0.2) is 71.6 Å². The van der Waals surface area contributed by atoms with Gasteiger partial charge in [0.2, 0.25) is 0 Å². The zero-order valence-corrected chi connectivity index (χ0v) is 23.0. The van der Waals surface area contributed by atoms with Crippen molar-refractivity contribution in [2.45, 2.75) is 55.6 Å². The second-order valence-corrected chi connectivity index (χ2v) is 9.94. The zero-order valence-electron chi connectivity index (χ0n) is 22.2. The molecular formula is C31H37NO5S. The first-order valence-corrected chi connectivity index (χ1v) is 14.0. The third-order valence-electron chi connectivity index (χ3n) is 6.03. The topological polar surface area (TPSA) is 77.9 Å². The van der Waals surface area contributed by atoms with E-state index in [1.165, 1.54) is 37.3 Å². The number of hydrogen-bond acceptors (Lipinski definition) is 6. The van der Waals surface area contributed by atoms with Crippen LogP contribution < -0.4 is 14.2 Å². The van der Waals surface area contributed by atoms with E-state index in [9.17, 15) is 4.79 Å². The van der Waals surface area contributed by atoms with Crippen molar-refractivity contribution >= 4 is 23.8 Å². The highest BCUT2D eigenvalue weighted by molar-refractivity contribution is 7.98. The number of pyridine rings is 1. The van der Waals surface area contributed by atoms with Crippen molar-refractivity contribution in [3.8, 4) is 17.2 Å². The van der Waals surface area contributed by atoms with Crippen molar-refractivity contribution in [3.63, 3.8) is 0 Å². The van der Waals surface area contributed by atoms with Crippen molar-refractivity contribution in [1.29, 1.82) is 0 Å². The molecule has 0 aliphatic carbocycles. The molecule has 0 spiro atoms. The van der Waals surface area contributed by atoms with Gasteiger partial charge in [0.05, 0.1) is 26.5 Å². The van der Waals surface area contributed by atoms with Crippen molar-refractivity contribution in [3.05, 3.63) is 83.7 Å². The van der Waals surface area contributed by atoms with E-state index < -0.39 is 5.97 Å². The van der Waals surface area contributed by atoms with Crippen molar-refractivity contribution in [2.24, 2.45) is 0 Å². The minimum Gasteiger partial charge on any atom is -0.497 e. The molecule has 3 rings (SSSR count). The van der Waals surface area contributed by atoms with E-state index in [-0.39, 0.29) is 0 Å². The Morgan fingerprint density at radius 2 is 1.63 bits per heavy atom. The minimum atomic E-state index is -1.01. The van der Waals surface area contributed by atoms with E-state index in [2.05, 4.69) is 17.1 Å². The fourth-order valence-corrected chi connectivity index (χ4v) is 4.79. The summed E-state index contributed by atoms with van der Waals surface area (Å²) in [5.41, 5.74) is 2.74. The molecule has 6 nitrogen and oxygen atoms in total. The number of unbranched alkanes of at least 4 members (excludes halogenated alkanes) is 5. The second kappa shape index (κ2) is 16.4. The van der Waals surface area contributed by atoms with Crippen LogP contribution >= 0.6 is 11.8 Å². The zero-order chi connectivity index (χ0) is 27.0. The van der Waals surface area contributed by atoms with E-state index in [0.717, 1.165) is 47.4 Å². The summed E-state index contributed by atoms with van der Waals surface area (Å²) in [5.74, 6) is 1.96. The Hall–Kier alpha value is -3.45. The second-order valence-electron chi connectivity index (χ2n) is 8.89. The molecule has 0 saturated heterocycles. The quantitative estimate of drug-likeness (QED) is 0.109. The Morgan fingerprint density at radius 3 is 2.37 bits per heavy atom. The molecule has 1 aromatic heterocycles. The summed E-state index contributed by atoms with van der Waals surface area (Å²) in [6.07, 6.45) is 10.5. The minimum absolute atomic E-state index is 0.537. The molecule has 1 heterocycles. The van der Waals surface area contributed by atoms with Crippen molar-refractivity contribution in [2.75, 3.05) is 20.8 Å². The molecule has 0 atom stereocenters. The van der Waals surface area contributed by atoms with Gasteiger partial charge in [-0.1, -0.05) is 43.9 Å². The molecule has 0 saturated carbocycles. The van der Waals surface area contributed by atoms with Gasteiger partial charge in [-0.05, 0) is 73.4 Å². The summed E-state index contributed by atoms with van der Waals surface area (Å²) in [4.78, 5) is 16.8. The smallest absolute Gasteiger partial charge is 0.328 e. The number of nitrogens with zero attached hydrogens (tertiary/aromatic N) is 1.